The van der Waals surface area contributed by atoms with Crippen LogP contribution in [0.2, 0.25) is 0 Å². The quantitative estimate of drug-likeness (QED) is 0.241. The molecule has 0 heterocycles. The van der Waals surface area contributed by atoms with Crippen LogP contribution in [0.1, 0.15) is 90.4 Å². The number of benzene rings is 2. The van der Waals surface area contributed by atoms with Crippen LogP contribution < -0.4 is 4.90 Å². The summed E-state index contributed by atoms with van der Waals surface area (Å²) in [6.07, 6.45) is 16.7. The first-order valence-corrected chi connectivity index (χ1v) is 12.1. The van der Waals surface area contributed by atoms with Crippen LogP contribution in [-0.4, -0.2) is 0 Å². The highest BCUT2D eigenvalue weighted by molar-refractivity contribution is 5.67. The molecule has 0 saturated carbocycles. The van der Waals surface area contributed by atoms with Crippen LogP contribution in [0.5, 0.6) is 0 Å². The first kappa shape index (κ1) is 25.1. The molecule has 0 atom stereocenters. The number of allylic oxidation sites excluding steroid dienone is 1. The molecule has 0 spiro atoms. The van der Waals surface area contributed by atoms with Crippen molar-refractivity contribution in [2.24, 2.45) is 0 Å². The fraction of sp³-hybridized carbons (Fsp3) is 0.500. The Hall–Kier alpha value is -2.16. The third kappa shape index (κ3) is 9.67. The molecule has 2 aromatic carbocycles. The van der Waals surface area contributed by atoms with Crippen molar-refractivity contribution in [2.45, 2.75) is 90.4 Å². The summed E-state index contributed by atoms with van der Waals surface area (Å²) >= 11 is 0. The average Bonchev–Trinajstić information content (AvgIpc) is 2.77. The van der Waals surface area contributed by atoms with Crippen molar-refractivity contribution < 1.29 is 8.78 Å². The van der Waals surface area contributed by atoms with E-state index < -0.39 is 0 Å². The minimum Gasteiger partial charge on any atom is -0.315 e. The predicted molar refractivity (Wildman–Crippen MR) is 130 cm³/mol. The standard InChI is InChI=1S/C28H39F2N/c1-3-4-5-6-7-8-9-10-11-12-13-14-15-24(2)31(27-20-16-25(29)17-21-27)28-22-18-26(30)19-23-28/h16-23H,2-15H2,1H3. The highest BCUT2D eigenvalue weighted by atomic mass is 19.1. The van der Waals surface area contributed by atoms with Gasteiger partial charge in [0.25, 0.3) is 0 Å². The van der Waals surface area contributed by atoms with Crippen molar-refractivity contribution in [3.8, 4) is 0 Å². The lowest BCUT2D eigenvalue weighted by atomic mass is 10.0. The number of anilines is 2. The Balaban J connectivity index is 1.72. The van der Waals surface area contributed by atoms with Gasteiger partial charge in [-0.05, 0) is 61.4 Å². The third-order valence-electron chi connectivity index (χ3n) is 5.80. The molecule has 0 saturated heterocycles. The molecular formula is C28H39F2N. The number of nitrogens with zero attached hydrogens (tertiary/aromatic N) is 1. The highest BCUT2D eigenvalue weighted by Crippen LogP contribution is 2.31. The third-order valence-corrected chi connectivity index (χ3v) is 5.80. The molecular weight excluding hydrogens is 388 g/mol. The van der Waals surface area contributed by atoms with Crippen molar-refractivity contribution >= 4 is 11.4 Å². The van der Waals surface area contributed by atoms with Crippen LogP contribution in [0.15, 0.2) is 60.8 Å². The molecule has 2 rings (SSSR count). The van der Waals surface area contributed by atoms with Crippen LogP contribution in [0, 0.1) is 11.6 Å². The van der Waals surface area contributed by atoms with Gasteiger partial charge in [0.2, 0.25) is 0 Å². The minimum atomic E-state index is -0.269. The lowest BCUT2D eigenvalue weighted by Crippen LogP contribution is -2.15. The summed E-state index contributed by atoms with van der Waals surface area (Å²) in [5.74, 6) is -0.538. The maximum Gasteiger partial charge on any atom is 0.123 e. The van der Waals surface area contributed by atoms with Gasteiger partial charge in [0.1, 0.15) is 11.6 Å². The second kappa shape index (κ2) is 14.8. The highest BCUT2D eigenvalue weighted by Gasteiger charge is 2.13. The van der Waals surface area contributed by atoms with Crippen LogP contribution in [0.25, 0.3) is 0 Å². The second-order valence-electron chi connectivity index (χ2n) is 8.49. The smallest absolute Gasteiger partial charge is 0.123 e. The Kier molecular flexibility index (Phi) is 12.0. The predicted octanol–water partition coefficient (Wildman–Crippen LogP) is 9.71. The first-order valence-electron chi connectivity index (χ1n) is 12.1. The molecule has 31 heavy (non-hydrogen) atoms. The van der Waals surface area contributed by atoms with Crippen LogP contribution in [0.4, 0.5) is 20.2 Å². The summed E-state index contributed by atoms with van der Waals surface area (Å²) in [6, 6.07) is 12.8. The molecule has 0 aromatic heterocycles. The van der Waals surface area contributed by atoms with E-state index in [4.69, 9.17) is 0 Å². The monoisotopic (exact) mass is 427 g/mol. The molecule has 0 aliphatic rings. The molecule has 170 valence electrons. The van der Waals surface area contributed by atoms with Gasteiger partial charge in [0.15, 0.2) is 0 Å². The first-order chi connectivity index (χ1) is 15.1. The molecule has 0 unspecified atom stereocenters. The van der Waals surface area contributed by atoms with E-state index in [1.807, 2.05) is 4.90 Å². The van der Waals surface area contributed by atoms with Gasteiger partial charge < -0.3 is 4.90 Å². The van der Waals surface area contributed by atoms with E-state index in [1.54, 1.807) is 24.3 Å². The molecule has 2 aromatic rings. The topological polar surface area (TPSA) is 3.24 Å². The van der Waals surface area contributed by atoms with Gasteiger partial charge in [0, 0.05) is 17.1 Å². The second-order valence-corrected chi connectivity index (χ2v) is 8.49. The van der Waals surface area contributed by atoms with E-state index in [0.29, 0.717) is 0 Å². The lowest BCUT2D eigenvalue weighted by molar-refractivity contribution is 0.543. The summed E-state index contributed by atoms with van der Waals surface area (Å²) in [6.45, 7) is 6.54. The van der Waals surface area contributed by atoms with Crippen LogP contribution in [0.3, 0.4) is 0 Å². The van der Waals surface area contributed by atoms with Gasteiger partial charge in [-0.1, -0.05) is 84.1 Å². The van der Waals surface area contributed by atoms with Gasteiger partial charge in [-0.3, -0.25) is 0 Å². The number of halogens is 2. The Morgan fingerprint density at radius 2 is 0.968 bits per heavy atom. The maximum atomic E-state index is 13.4. The largest absolute Gasteiger partial charge is 0.315 e. The van der Waals surface area contributed by atoms with E-state index in [-0.39, 0.29) is 11.6 Å². The lowest BCUT2D eigenvalue weighted by Gasteiger charge is -2.27. The van der Waals surface area contributed by atoms with Gasteiger partial charge in [-0.25, -0.2) is 8.78 Å². The van der Waals surface area contributed by atoms with Crippen molar-refractivity contribution in [1.82, 2.24) is 0 Å². The van der Waals surface area contributed by atoms with E-state index in [1.165, 1.54) is 94.9 Å². The fourth-order valence-corrected chi connectivity index (χ4v) is 3.98. The van der Waals surface area contributed by atoms with Crippen LogP contribution >= 0.6 is 0 Å². The molecule has 0 radical (unpaired) electrons. The Morgan fingerprint density at radius 3 is 1.35 bits per heavy atom. The molecule has 0 amide bonds. The number of unbranched alkanes of at least 4 members (excludes halogenated alkanes) is 11. The molecule has 3 heteroatoms. The zero-order valence-electron chi connectivity index (χ0n) is 19.2. The molecule has 0 aliphatic heterocycles. The van der Waals surface area contributed by atoms with Crippen molar-refractivity contribution in [3.05, 3.63) is 72.4 Å². The van der Waals surface area contributed by atoms with Gasteiger partial charge >= 0.3 is 0 Å². The van der Waals surface area contributed by atoms with Gasteiger partial charge in [-0.2, -0.15) is 0 Å². The summed E-state index contributed by atoms with van der Waals surface area (Å²) in [7, 11) is 0. The molecule has 0 bridgehead atoms. The van der Waals surface area contributed by atoms with Crippen LogP contribution in [-0.2, 0) is 0 Å². The van der Waals surface area contributed by atoms with E-state index >= 15 is 0 Å². The number of hydrogen-bond donors (Lipinski definition) is 0. The van der Waals surface area contributed by atoms with E-state index in [2.05, 4.69) is 13.5 Å². The maximum absolute atomic E-state index is 13.4. The van der Waals surface area contributed by atoms with E-state index in [9.17, 15) is 8.78 Å². The zero-order valence-corrected chi connectivity index (χ0v) is 19.2. The minimum absolute atomic E-state index is 0.269. The van der Waals surface area contributed by atoms with Gasteiger partial charge in [-0.15, -0.1) is 0 Å². The average molecular weight is 428 g/mol. The molecule has 0 fully saturated rings. The number of rotatable bonds is 16. The molecule has 0 aliphatic carbocycles. The molecule has 1 nitrogen and oxygen atoms in total. The summed E-state index contributed by atoms with van der Waals surface area (Å²) in [5.41, 5.74) is 2.64. The van der Waals surface area contributed by atoms with Crippen molar-refractivity contribution in [3.63, 3.8) is 0 Å². The Labute approximate surface area is 188 Å². The number of hydrogen-bond acceptors (Lipinski definition) is 1. The Morgan fingerprint density at radius 1 is 0.613 bits per heavy atom. The summed E-state index contributed by atoms with van der Waals surface area (Å²) in [4.78, 5) is 2.00. The van der Waals surface area contributed by atoms with Gasteiger partial charge in [0.05, 0.1) is 0 Å². The van der Waals surface area contributed by atoms with E-state index in [0.717, 1.165) is 29.9 Å². The Bertz CT molecular complexity index is 691. The fourth-order valence-electron chi connectivity index (χ4n) is 3.98. The van der Waals surface area contributed by atoms with Crippen molar-refractivity contribution in [1.29, 1.82) is 0 Å². The SMILES string of the molecule is C=C(CCCCCCCCCCCCCC)N(c1ccc(F)cc1)c1ccc(F)cc1. The summed E-state index contributed by atoms with van der Waals surface area (Å²) < 4.78 is 26.8. The van der Waals surface area contributed by atoms with Crippen molar-refractivity contribution in [2.75, 3.05) is 4.90 Å². The molecule has 0 N–H and O–H groups in total. The summed E-state index contributed by atoms with van der Waals surface area (Å²) in [5, 5.41) is 0. The normalized spacial score (nSPS) is 10.9. The zero-order chi connectivity index (χ0) is 22.3.